The van der Waals surface area contributed by atoms with Crippen LogP contribution in [0.2, 0.25) is 0 Å². The van der Waals surface area contributed by atoms with Crippen LogP contribution in [0.15, 0.2) is 6.33 Å². The van der Waals surface area contributed by atoms with Crippen molar-refractivity contribution in [3.63, 3.8) is 0 Å². The van der Waals surface area contributed by atoms with Crippen LogP contribution in [0.4, 0.5) is 0 Å². The van der Waals surface area contributed by atoms with E-state index in [0.717, 1.165) is 0 Å². The van der Waals surface area contributed by atoms with Crippen molar-refractivity contribution in [3.05, 3.63) is 12.2 Å². The molecule has 7 heteroatoms. The number of carbonyl (C=O) groups excluding carboxylic acids is 1. The van der Waals surface area contributed by atoms with Crippen molar-refractivity contribution in [2.45, 2.75) is 18.9 Å². The highest BCUT2D eigenvalue weighted by Gasteiger charge is 2.35. The lowest BCUT2D eigenvalue weighted by Gasteiger charge is -2.19. The number of likely N-dealkylation sites (tertiary alicyclic amines) is 1. The number of carbonyl (C=O) groups is 2. The molecule has 1 saturated heterocycles. The minimum atomic E-state index is -0.972. The zero-order valence-electron chi connectivity index (χ0n) is 7.88. The molecule has 80 valence electrons. The van der Waals surface area contributed by atoms with Gasteiger partial charge in [-0.3, -0.25) is 9.89 Å². The van der Waals surface area contributed by atoms with Crippen LogP contribution >= 0.6 is 0 Å². The summed E-state index contributed by atoms with van der Waals surface area (Å²) in [4.78, 5) is 27.6. The number of hydrogen-bond donors (Lipinski definition) is 2. The van der Waals surface area contributed by atoms with Crippen molar-refractivity contribution in [1.82, 2.24) is 20.1 Å². The second kappa shape index (κ2) is 3.68. The van der Waals surface area contributed by atoms with Gasteiger partial charge in [0.2, 0.25) is 5.82 Å². The van der Waals surface area contributed by atoms with E-state index < -0.39 is 17.9 Å². The number of carboxylic acid groups (broad SMARTS) is 1. The summed E-state index contributed by atoms with van der Waals surface area (Å²) in [5.41, 5.74) is 0. The lowest BCUT2D eigenvalue weighted by molar-refractivity contribution is -0.141. The highest BCUT2D eigenvalue weighted by atomic mass is 16.4. The van der Waals surface area contributed by atoms with Crippen molar-refractivity contribution >= 4 is 11.9 Å². The van der Waals surface area contributed by atoms with Crippen LogP contribution in [0.3, 0.4) is 0 Å². The molecule has 1 aliphatic rings. The van der Waals surface area contributed by atoms with Crippen molar-refractivity contribution in [2.75, 3.05) is 6.54 Å². The van der Waals surface area contributed by atoms with Crippen LogP contribution in [0.1, 0.15) is 23.5 Å². The van der Waals surface area contributed by atoms with Crippen molar-refractivity contribution in [1.29, 1.82) is 0 Å². The summed E-state index contributed by atoms with van der Waals surface area (Å²) in [6.45, 7) is 0.455. The summed E-state index contributed by atoms with van der Waals surface area (Å²) in [5, 5.41) is 14.9. The maximum absolute atomic E-state index is 11.8. The second-order valence-corrected chi connectivity index (χ2v) is 3.33. The number of H-pyrrole nitrogens is 1. The van der Waals surface area contributed by atoms with Crippen LogP contribution in [0.25, 0.3) is 0 Å². The highest BCUT2D eigenvalue weighted by molar-refractivity contribution is 5.93. The summed E-state index contributed by atoms with van der Waals surface area (Å²) in [7, 11) is 0. The quantitative estimate of drug-likeness (QED) is 0.685. The molecule has 1 aromatic heterocycles. The number of rotatable bonds is 2. The zero-order chi connectivity index (χ0) is 10.8. The van der Waals surface area contributed by atoms with Gasteiger partial charge in [-0.15, -0.1) is 0 Å². The Bertz CT molecular complexity index is 375. The number of aliphatic carboxylic acids is 1. The van der Waals surface area contributed by atoms with Gasteiger partial charge < -0.3 is 10.0 Å². The number of carboxylic acids is 1. The molecular weight excluding hydrogens is 200 g/mol. The van der Waals surface area contributed by atoms with Crippen LogP contribution in [-0.2, 0) is 4.79 Å². The molecule has 0 radical (unpaired) electrons. The third kappa shape index (κ3) is 1.67. The predicted octanol–water partition coefficient (Wildman–Crippen LogP) is -0.506. The fourth-order valence-corrected chi connectivity index (χ4v) is 1.71. The van der Waals surface area contributed by atoms with E-state index in [0.29, 0.717) is 19.4 Å². The fourth-order valence-electron chi connectivity index (χ4n) is 1.71. The average molecular weight is 210 g/mol. The van der Waals surface area contributed by atoms with E-state index in [-0.39, 0.29) is 5.82 Å². The van der Waals surface area contributed by atoms with Crippen LogP contribution in [-0.4, -0.2) is 49.7 Å². The van der Waals surface area contributed by atoms with E-state index in [2.05, 4.69) is 15.2 Å². The van der Waals surface area contributed by atoms with E-state index in [1.807, 2.05) is 0 Å². The molecule has 15 heavy (non-hydrogen) atoms. The number of aromatic amines is 1. The van der Waals surface area contributed by atoms with Crippen LogP contribution in [0.5, 0.6) is 0 Å². The molecule has 1 amide bonds. The summed E-state index contributed by atoms with van der Waals surface area (Å²) in [6.07, 6.45) is 2.42. The maximum Gasteiger partial charge on any atom is 0.326 e. The van der Waals surface area contributed by atoms with Gasteiger partial charge in [-0.1, -0.05) is 0 Å². The number of aromatic nitrogens is 3. The fraction of sp³-hybridized carbons (Fsp3) is 0.500. The van der Waals surface area contributed by atoms with E-state index in [1.165, 1.54) is 11.2 Å². The van der Waals surface area contributed by atoms with Gasteiger partial charge in [0.1, 0.15) is 12.4 Å². The number of nitrogens with zero attached hydrogens (tertiary/aromatic N) is 3. The molecule has 1 unspecified atom stereocenters. The Morgan fingerprint density at radius 2 is 2.40 bits per heavy atom. The van der Waals surface area contributed by atoms with E-state index in [1.54, 1.807) is 0 Å². The first-order valence-corrected chi connectivity index (χ1v) is 4.59. The number of hydrogen-bond acceptors (Lipinski definition) is 4. The molecule has 0 spiro atoms. The summed E-state index contributed by atoms with van der Waals surface area (Å²) in [5.74, 6) is -1.29. The maximum atomic E-state index is 11.8. The predicted molar refractivity (Wildman–Crippen MR) is 48.1 cm³/mol. The lowest BCUT2D eigenvalue weighted by atomic mass is 10.2. The van der Waals surface area contributed by atoms with E-state index in [9.17, 15) is 9.59 Å². The van der Waals surface area contributed by atoms with Crippen molar-refractivity contribution in [3.8, 4) is 0 Å². The molecule has 0 saturated carbocycles. The molecule has 2 heterocycles. The molecule has 0 aliphatic carbocycles. The van der Waals surface area contributed by atoms with Gasteiger partial charge in [-0.25, -0.2) is 9.78 Å². The summed E-state index contributed by atoms with van der Waals surface area (Å²) >= 11 is 0. The van der Waals surface area contributed by atoms with Gasteiger partial charge in [0.05, 0.1) is 0 Å². The average Bonchev–Trinajstić information content (AvgIpc) is 2.88. The molecule has 7 nitrogen and oxygen atoms in total. The van der Waals surface area contributed by atoms with Gasteiger partial charge in [-0.2, -0.15) is 5.10 Å². The molecule has 2 N–H and O–H groups in total. The standard InChI is InChI=1S/C8H10N4O3/c13-7(6-9-4-10-11-6)12-3-1-2-5(12)8(14)15/h4-5H,1-3H2,(H,14,15)(H,9,10,11). The molecular formula is C8H10N4O3. The normalized spacial score (nSPS) is 20.5. The molecule has 0 bridgehead atoms. The smallest absolute Gasteiger partial charge is 0.326 e. The molecule has 1 aromatic rings. The Morgan fingerprint density at radius 1 is 1.60 bits per heavy atom. The second-order valence-electron chi connectivity index (χ2n) is 3.33. The van der Waals surface area contributed by atoms with E-state index >= 15 is 0 Å². The summed E-state index contributed by atoms with van der Waals surface area (Å²) < 4.78 is 0. The first-order valence-electron chi connectivity index (χ1n) is 4.59. The molecule has 1 aliphatic heterocycles. The first kappa shape index (κ1) is 9.63. The third-order valence-electron chi connectivity index (χ3n) is 2.42. The Balaban J connectivity index is 2.17. The highest BCUT2D eigenvalue weighted by Crippen LogP contribution is 2.18. The van der Waals surface area contributed by atoms with Gasteiger partial charge in [-0.05, 0) is 12.8 Å². The largest absolute Gasteiger partial charge is 0.480 e. The van der Waals surface area contributed by atoms with Gasteiger partial charge in [0, 0.05) is 6.54 Å². The minimum Gasteiger partial charge on any atom is -0.480 e. The molecule has 1 fully saturated rings. The van der Waals surface area contributed by atoms with Crippen LogP contribution < -0.4 is 0 Å². The monoisotopic (exact) mass is 210 g/mol. The lowest BCUT2D eigenvalue weighted by Crippen LogP contribution is -2.40. The Labute approximate surface area is 85.1 Å². The molecule has 2 rings (SSSR count). The summed E-state index contributed by atoms with van der Waals surface area (Å²) in [6, 6.07) is -0.734. The van der Waals surface area contributed by atoms with Gasteiger partial charge in [0.15, 0.2) is 0 Å². The zero-order valence-corrected chi connectivity index (χ0v) is 7.88. The van der Waals surface area contributed by atoms with Crippen molar-refractivity contribution < 1.29 is 14.7 Å². The number of nitrogens with one attached hydrogen (secondary N) is 1. The van der Waals surface area contributed by atoms with Crippen LogP contribution in [0, 0.1) is 0 Å². The SMILES string of the molecule is O=C(O)C1CCCN1C(=O)c1ncn[nH]1. The van der Waals surface area contributed by atoms with Gasteiger partial charge in [0.25, 0.3) is 5.91 Å². The third-order valence-corrected chi connectivity index (χ3v) is 2.42. The first-order chi connectivity index (χ1) is 7.20. The number of amides is 1. The van der Waals surface area contributed by atoms with Gasteiger partial charge >= 0.3 is 5.97 Å². The Hall–Kier alpha value is -1.92. The van der Waals surface area contributed by atoms with E-state index in [4.69, 9.17) is 5.11 Å². The minimum absolute atomic E-state index is 0.0863. The molecule has 1 atom stereocenters. The Kier molecular flexibility index (Phi) is 2.36. The van der Waals surface area contributed by atoms with Crippen molar-refractivity contribution in [2.24, 2.45) is 0 Å². The Morgan fingerprint density at radius 3 is 3.00 bits per heavy atom. The molecule has 0 aromatic carbocycles. The topological polar surface area (TPSA) is 99.2 Å².